The van der Waals surface area contributed by atoms with Gasteiger partial charge in [-0.1, -0.05) is 6.92 Å². The molecule has 18 heavy (non-hydrogen) atoms. The monoisotopic (exact) mass is 250 g/mol. The van der Waals surface area contributed by atoms with Crippen LogP contribution in [-0.4, -0.2) is 48.4 Å². The SMILES string of the molecule is CCN1CCC(N(C)C(=O)c2occc2C)CC1. The molecule has 4 heteroatoms. The van der Waals surface area contributed by atoms with E-state index in [0.29, 0.717) is 11.8 Å². The van der Waals surface area contributed by atoms with Gasteiger partial charge < -0.3 is 14.2 Å². The molecule has 1 fully saturated rings. The molecule has 2 heterocycles. The Bertz CT molecular complexity index is 406. The standard InChI is InChI=1S/C14H22N2O2/c1-4-16-8-5-12(6-9-16)15(3)14(17)13-11(2)7-10-18-13/h7,10,12H,4-6,8-9H2,1-3H3. The molecule has 0 atom stereocenters. The van der Waals surface area contributed by atoms with Crippen LogP contribution >= 0.6 is 0 Å². The average molecular weight is 250 g/mol. The van der Waals surface area contributed by atoms with Gasteiger partial charge in [0.2, 0.25) is 0 Å². The van der Waals surface area contributed by atoms with Gasteiger partial charge in [-0.15, -0.1) is 0 Å². The summed E-state index contributed by atoms with van der Waals surface area (Å²) >= 11 is 0. The van der Waals surface area contributed by atoms with E-state index in [1.54, 1.807) is 6.26 Å². The fourth-order valence-corrected chi connectivity index (χ4v) is 2.54. The third-order valence-electron chi connectivity index (χ3n) is 3.93. The summed E-state index contributed by atoms with van der Waals surface area (Å²) in [5.41, 5.74) is 0.915. The lowest BCUT2D eigenvalue weighted by molar-refractivity contribution is 0.0615. The number of hydrogen-bond acceptors (Lipinski definition) is 3. The molecule has 0 spiro atoms. The van der Waals surface area contributed by atoms with E-state index in [-0.39, 0.29) is 5.91 Å². The van der Waals surface area contributed by atoms with Crippen molar-refractivity contribution in [1.82, 2.24) is 9.80 Å². The van der Waals surface area contributed by atoms with Crippen LogP contribution < -0.4 is 0 Å². The maximum Gasteiger partial charge on any atom is 0.289 e. The molecule has 1 aliphatic rings. The second-order valence-electron chi connectivity index (χ2n) is 5.01. The molecule has 1 amide bonds. The highest BCUT2D eigenvalue weighted by Crippen LogP contribution is 2.19. The van der Waals surface area contributed by atoms with Gasteiger partial charge in [-0.05, 0) is 32.4 Å². The summed E-state index contributed by atoms with van der Waals surface area (Å²) < 4.78 is 5.28. The maximum atomic E-state index is 12.3. The molecule has 0 N–H and O–H groups in total. The normalized spacial score (nSPS) is 17.9. The van der Waals surface area contributed by atoms with Crippen molar-refractivity contribution in [3.8, 4) is 0 Å². The predicted molar refractivity (Wildman–Crippen MR) is 70.7 cm³/mol. The summed E-state index contributed by atoms with van der Waals surface area (Å²) in [5.74, 6) is 0.489. The minimum atomic E-state index is 0.00690. The van der Waals surface area contributed by atoms with E-state index in [2.05, 4.69) is 11.8 Å². The number of hydrogen-bond donors (Lipinski definition) is 0. The van der Waals surface area contributed by atoms with Gasteiger partial charge in [0.05, 0.1) is 6.26 Å². The highest BCUT2D eigenvalue weighted by molar-refractivity contribution is 5.92. The van der Waals surface area contributed by atoms with Crippen molar-refractivity contribution in [2.45, 2.75) is 32.7 Å². The molecule has 100 valence electrons. The largest absolute Gasteiger partial charge is 0.459 e. The van der Waals surface area contributed by atoms with E-state index >= 15 is 0 Å². The highest BCUT2D eigenvalue weighted by Gasteiger charge is 2.27. The molecule has 0 unspecified atom stereocenters. The minimum Gasteiger partial charge on any atom is -0.459 e. The Balaban J connectivity index is 1.98. The first-order valence-electron chi connectivity index (χ1n) is 6.67. The van der Waals surface area contributed by atoms with Crippen LogP contribution in [0.25, 0.3) is 0 Å². The smallest absolute Gasteiger partial charge is 0.289 e. The quantitative estimate of drug-likeness (QED) is 0.824. The molecule has 1 aromatic heterocycles. The second kappa shape index (κ2) is 5.57. The van der Waals surface area contributed by atoms with E-state index in [9.17, 15) is 4.79 Å². The Hall–Kier alpha value is -1.29. The molecule has 4 nitrogen and oxygen atoms in total. The number of nitrogens with zero attached hydrogens (tertiary/aromatic N) is 2. The first kappa shape index (κ1) is 13.1. The molecule has 1 aromatic rings. The lowest BCUT2D eigenvalue weighted by Gasteiger charge is -2.36. The molecule has 0 radical (unpaired) electrons. The van der Waals surface area contributed by atoms with Crippen molar-refractivity contribution in [3.63, 3.8) is 0 Å². The Kier molecular flexibility index (Phi) is 4.07. The number of carbonyl (C=O) groups excluding carboxylic acids is 1. The van der Waals surface area contributed by atoms with Gasteiger partial charge in [0.1, 0.15) is 0 Å². The fourth-order valence-electron chi connectivity index (χ4n) is 2.54. The topological polar surface area (TPSA) is 36.7 Å². The number of aryl methyl sites for hydroxylation is 1. The second-order valence-corrected chi connectivity index (χ2v) is 5.01. The van der Waals surface area contributed by atoms with E-state index in [0.717, 1.165) is 38.0 Å². The van der Waals surface area contributed by atoms with Crippen LogP contribution in [-0.2, 0) is 0 Å². The van der Waals surface area contributed by atoms with Crippen molar-refractivity contribution < 1.29 is 9.21 Å². The van der Waals surface area contributed by atoms with Crippen molar-refractivity contribution in [2.24, 2.45) is 0 Å². The van der Waals surface area contributed by atoms with Gasteiger partial charge in [0, 0.05) is 31.7 Å². The first-order valence-corrected chi connectivity index (χ1v) is 6.67. The van der Waals surface area contributed by atoms with Gasteiger partial charge in [-0.25, -0.2) is 0 Å². The summed E-state index contributed by atoms with van der Waals surface area (Å²) in [7, 11) is 1.89. The van der Waals surface area contributed by atoms with Crippen LogP contribution in [0.2, 0.25) is 0 Å². The summed E-state index contributed by atoms with van der Waals surface area (Å²) in [6.45, 7) is 7.35. The predicted octanol–water partition coefficient (Wildman–Crippen LogP) is 2.14. The van der Waals surface area contributed by atoms with Crippen molar-refractivity contribution in [1.29, 1.82) is 0 Å². The number of furan rings is 1. The molecule has 0 aromatic carbocycles. The molecule has 2 rings (SSSR count). The Morgan fingerprint density at radius 2 is 2.17 bits per heavy atom. The van der Waals surface area contributed by atoms with Crippen LogP contribution in [0.5, 0.6) is 0 Å². The van der Waals surface area contributed by atoms with Gasteiger partial charge >= 0.3 is 0 Å². The minimum absolute atomic E-state index is 0.00690. The van der Waals surface area contributed by atoms with Gasteiger partial charge in [-0.2, -0.15) is 0 Å². The van der Waals surface area contributed by atoms with Crippen LogP contribution in [0.3, 0.4) is 0 Å². The molecule has 0 aliphatic carbocycles. The molecule has 0 saturated carbocycles. The van der Waals surface area contributed by atoms with Crippen LogP contribution in [0.15, 0.2) is 16.7 Å². The van der Waals surface area contributed by atoms with Gasteiger partial charge in [-0.3, -0.25) is 4.79 Å². The van der Waals surface area contributed by atoms with Crippen LogP contribution in [0.4, 0.5) is 0 Å². The lowest BCUT2D eigenvalue weighted by atomic mass is 10.0. The van der Waals surface area contributed by atoms with Crippen LogP contribution in [0, 0.1) is 6.92 Å². The number of amides is 1. The zero-order chi connectivity index (χ0) is 13.1. The van der Waals surface area contributed by atoms with E-state index in [1.807, 2.05) is 24.9 Å². The third-order valence-corrected chi connectivity index (χ3v) is 3.93. The Morgan fingerprint density at radius 1 is 1.50 bits per heavy atom. The summed E-state index contributed by atoms with van der Waals surface area (Å²) in [4.78, 5) is 16.6. The summed E-state index contributed by atoms with van der Waals surface area (Å²) in [6, 6.07) is 2.17. The van der Waals surface area contributed by atoms with E-state index in [4.69, 9.17) is 4.42 Å². The molecular weight excluding hydrogens is 228 g/mol. The maximum absolute atomic E-state index is 12.3. The van der Waals surface area contributed by atoms with Gasteiger partial charge in [0.15, 0.2) is 5.76 Å². The molecule has 1 saturated heterocycles. The zero-order valence-electron chi connectivity index (χ0n) is 11.5. The first-order chi connectivity index (χ1) is 8.63. The van der Waals surface area contributed by atoms with Gasteiger partial charge in [0.25, 0.3) is 5.91 Å². The zero-order valence-corrected chi connectivity index (χ0v) is 11.5. The number of piperidine rings is 1. The van der Waals surface area contributed by atoms with E-state index < -0.39 is 0 Å². The number of carbonyl (C=O) groups is 1. The summed E-state index contributed by atoms with van der Waals surface area (Å²) in [6.07, 6.45) is 3.68. The Labute approximate surface area is 109 Å². The van der Waals surface area contributed by atoms with Crippen molar-refractivity contribution >= 4 is 5.91 Å². The average Bonchev–Trinajstić information content (AvgIpc) is 2.83. The fraction of sp³-hybridized carbons (Fsp3) is 0.643. The third kappa shape index (κ3) is 2.58. The Morgan fingerprint density at radius 3 is 2.67 bits per heavy atom. The number of rotatable bonds is 3. The summed E-state index contributed by atoms with van der Waals surface area (Å²) in [5, 5.41) is 0. The highest BCUT2D eigenvalue weighted by atomic mass is 16.3. The van der Waals surface area contributed by atoms with Crippen molar-refractivity contribution in [2.75, 3.05) is 26.7 Å². The number of likely N-dealkylation sites (tertiary alicyclic amines) is 1. The van der Waals surface area contributed by atoms with E-state index in [1.165, 1.54) is 0 Å². The van der Waals surface area contributed by atoms with Crippen LogP contribution in [0.1, 0.15) is 35.9 Å². The molecular formula is C14H22N2O2. The molecule has 1 aliphatic heterocycles. The lowest BCUT2D eigenvalue weighted by Crippen LogP contribution is -2.45. The van der Waals surface area contributed by atoms with Crippen molar-refractivity contribution in [3.05, 3.63) is 23.7 Å². The molecule has 0 bridgehead atoms.